The molecule has 86 valence electrons. The van der Waals surface area contributed by atoms with Gasteiger partial charge in [0.2, 0.25) is 0 Å². The van der Waals surface area contributed by atoms with Crippen LogP contribution in [0.4, 0.5) is 0 Å². The van der Waals surface area contributed by atoms with Crippen LogP contribution >= 0.6 is 15.9 Å². The maximum absolute atomic E-state index is 4.64. The first kappa shape index (κ1) is 11.6. The summed E-state index contributed by atoms with van der Waals surface area (Å²) in [7, 11) is 2.02. The van der Waals surface area contributed by atoms with Gasteiger partial charge in [0, 0.05) is 23.6 Å². The van der Waals surface area contributed by atoms with Crippen molar-refractivity contribution in [2.75, 3.05) is 0 Å². The average molecular weight is 282 g/mol. The Labute approximate surface area is 104 Å². The highest BCUT2D eigenvalue weighted by Crippen LogP contribution is 2.28. The molecule has 0 aliphatic heterocycles. The standard InChI is InChI=1S/C12H16BrN3/c1-5-9-10-8(13)6-16(4)12(10)15-11(14-9)7(2)3/h6-7H,5H2,1-4H3. The first-order valence-corrected chi connectivity index (χ1v) is 6.35. The number of nitrogens with zero attached hydrogens (tertiary/aromatic N) is 3. The molecule has 0 saturated carbocycles. The van der Waals surface area contributed by atoms with Crippen LogP contribution in [0, 0.1) is 0 Å². The summed E-state index contributed by atoms with van der Waals surface area (Å²) in [4.78, 5) is 9.26. The van der Waals surface area contributed by atoms with Gasteiger partial charge in [0.1, 0.15) is 11.5 Å². The molecule has 0 radical (unpaired) electrons. The maximum Gasteiger partial charge on any atom is 0.144 e. The highest BCUT2D eigenvalue weighted by Gasteiger charge is 2.14. The molecule has 0 spiro atoms. The Balaban J connectivity index is 2.81. The first-order valence-electron chi connectivity index (χ1n) is 5.56. The summed E-state index contributed by atoms with van der Waals surface area (Å²) in [5, 5.41) is 1.15. The summed E-state index contributed by atoms with van der Waals surface area (Å²) in [6.45, 7) is 6.38. The van der Waals surface area contributed by atoms with E-state index in [0.717, 1.165) is 33.4 Å². The van der Waals surface area contributed by atoms with E-state index in [1.54, 1.807) is 0 Å². The minimum absolute atomic E-state index is 0.364. The van der Waals surface area contributed by atoms with Crippen LogP contribution in [0.3, 0.4) is 0 Å². The molecule has 2 heterocycles. The van der Waals surface area contributed by atoms with Crippen LogP contribution in [0.2, 0.25) is 0 Å². The molecule has 16 heavy (non-hydrogen) atoms. The van der Waals surface area contributed by atoms with E-state index in [1.165, 1.54) is 0 Å². The second-order valence-corrected chi connectivity index (χ2v) is 5.18. The van der Waals surface area contributed by atoms with Crippen molar-refractivity contribution in [1.82, 2.24) is 14.5 Å². The van der Waals surface area contributed by atoms with Crippen LogP contribution < -0.4 is 0 Å². The van der Waals surface area contributed by atoms with Crippen LogP contribution in [-0.4, -0.2) is 14.5 Å². The molecule has 2 rings (SSSR count). The number of aromatic nitrogens is 3. The molecular formula is C12H16BrN3. The number of aryl methyl sites for hydroxylation is 2. The zero-order valence-corrected chi connectivity index (χ0v) is 11.7. The van der Waals surface area contributed by atoms with E-state index in [4.69, 9.17) is 0 Å². The second-order valence-electron chi connectivity index (χ2n) is 4.32. The fourth-order valence-corrected chi connectivity index (χ4v) is 2.54. The SMILES string of the molecule is CCc1nc(C(C)C)nc2c1c(Br)cn2C. The van der Waals surface area contributed by atoms with E-state index in [-0.39, 0.29) is 0 Å². The third-order valence-corrected chi connectivity index (χ3v) is 3.31. The molecule has 0 aromatic carbocycles. The maximum atomic E-state index is 4.64. The molecule has 0 aliphatic carbocycles. The number of hydrogen-bond acceptors (Lipinski definition) is 2. The lowest BCUT2D eigenvalue weighted by Crippen LogP contribution is -2.03. The molecule has 0 aliphatic rings. The van der Waals surface area contributed by atoms with Gasteiger partial charge in [0.25, 0.3) is 0 Å². The van der Waals surface area contributed by atoms with Crippen LogP contribution in [0.5, 0.6) is 0 Å². The molecule has 2 aromatic rings. The van der Waals surface area contributed by atoms with Gasteiger partial charge in [0.15, 0.2) is 0 Å². The Morgan fingerprint density at radius 3 is 2.62 bits per heavy atom. The van der Waals surface area contributed by atoms with Gasteiger partial charge in [-0.1, -0.05) is 20.8 Å². The molecule has 0 unspecified atom stereocenters. The highest BCUT2D eigenvalue weighted by molar-refractivity contribution is 9.10. The summed E-state index contributed by atoms with van der Waals surface area (Å²) in [5.41, 5.74) is 2.14. The van der Waals surface area contributed by atoms with E-state index >= 15 is 0 Å². The Morgan fingerprint density at radius 1 is 1.38 bits per heavy atom. The Hall–Kier alpha value is -0.900. The first-order chi connectivity index (χ1) is 7.54. The highest BCUT2D eigenvalue weighted by atomic mass is 79.9. The van der Waals surface area contributed by atoms with Crippen molar-refractivity contribution in [3.05, 3.63) is 22.2 Å². The van der Waals surface area contributed by atoms with E-state index in [0.29, 0.717) is 5.92 Å². The minimum Gasteiger partial charge on any atom is -0.334 e. The number of fused-ring (bicyclic) bond motifs is 1. The van der Waals surface area contributed by atoms with Crippen LogP contribution in [-0.2, 0) is 13.5 Å². The Kier molecular flexibility index (Phi) is 3.02. The van der Waals surface area contributed by atoms with Crippen molar-refractivity contribution in [1.29, 1.82) is 0 Å². The number of hydrogen-bond donors (Lipinski definition) is 0. The van der Waals surface area contributed by atoms with Gasteiger partial charge in [-0.05, 0) is 22.4 Å². The average Bonchev–Trinajstić information content (AvgIpc) is 2.53. The predicted molar refractivity (Wildman–Crippen MR) is 69.7 cm³/mol. The van der Waals surface area contributed by atoms with Gasteiger partial charge in [-0.15, -0.1) is 0 Å². The molecule has 2 aromatic heterocycles. The van der Waals surface area contributed by atoms with Gasteiger partial charge < -0.3 is 4.57 Å². The van der Waals surface area contributed by atoms with E-state index in [9.17, 15) is 0 Å². The van der Waals surface area contributed by atoms with Crippen molar-refractivity contribution in [2.24, 2.45) is 7.05 Å². The van der Waals surface area contributed by atoms with E-state index in [2.05, 4.69) is 46.7 Å². The van der Waals surface area contributed by atoms with E-state index in [1.807, 2.05) is 17.8 Å². The lowest BCUT2D eigenvalue weighted by molar-refractivity contribution is 0.762. The van der Waals surface area contributed by atoms with E-state index < -0.39 is 0 Å². The second kappa shape index (κ2) is 4.17. The summed E-state index contributed by atoms with van der Waals surface area (Å²) >= 11 is 3.57. The van der Waals surface area contributed by atoms with Crippen LogP contribution in [0.15, 0.2) is 10.7 Å². The Morgan fingerprint density at radius 2 is 2.06 bits per heavy atom. The Bertz CT molecular complexity index is 529. The molecule has 3 nitrogen and oxygen atoms in total. The molecule has 4 heteroatoms. The normalized spacial score (nSPS) is 11.6. The third-order valence-electron chi connectivity index (χ3n) is 2.71. The molecule has 0 N–H and O–H groups in total. The lowest BCUT2D eigenvalue weighted by Gasteiger charge is -2.08. The molecular weight excluding hydrogens is 266 g/mol. The molecule has 0 bridgehead atoms. The van der Waals surface area contributed by atoms with Crippen molar-refractivity contribution < 1.29 is 0 Å². The predicted octanol–water partition coefficient (Wildman–Crippen LogP) is 3.42. The summed E-state index contributed by atoms with van der Waals surface area (Å²) < 4.78 is 3.13. The van der Waals surface area contributed by atoms with Gasteiger partial charge in [-0.2, -0.15) is 0 Å². The van der Waals surface area contributed by atoms with Crippen molar-refractivity contribution in [2.45, 2.75) is 33.1 Å². The zero-order chi connectivity index (χ0) is 11.9. The van der Waals surface area contributed by atoms with Crippen LogP contribution in [0.25, 0.3) is 11.0 Å². The van der Waals surface area contributed by atoms with Gasteiger partial charge in [-0.25, -0.2) is 9.97 Å². The minimum atomic E-state index is 0.364. The summed E-state index contributed by atoms with van der Waals surface area (Å²) in [6.07, 6.45) is 2.98. The van der Waals surface area contributed by atoms with Gasteiger partial charge in [0.05, 0.1) is 11.1 Å². The fourth-order valence-electron chi connectivity index (χ4n) is 1.82. The van der Waals surface area contributed by atoms with Crippen LogP contribution in [0.1, 0.15) is 38.2 Å². The molecule has 0 saturated heterocycles. The topological polar surface area (TPSA) is 30.7 Å². The molecule has 0 fully saturated rings. The van der Waals surface area contributed by atoms with Crippen molar-refractivity contribution in [3.8, 4) is 0 Å². The largest absolute Gasteiger partial charge is 0.334 e. The number of halogens is 1. The fraction of sp³-hybridized carbons (Fsp3) is 0.500. The van der Waals surface area contributed by atoms with Crippen molar-refractivity contribution in [3.63, 3.8) is 0 Å². The quantitative estimate of drug-likeness (QED) is 0.845. The molecule has 0 amide bonds. The van der Waals surface area contributed by atoms with Crippen molar-refractivity contribution >= 4 is 27.0 Å². The summed E-state index contributed by atoms with van der Waals surface area (Å²) in [5.74, 6) is 1.29. The summed E-state index contributed by atoms with van der Waals surface area (Å²) in [6, 6.07) is 0. The zero-order valence-electron chi connectivity index (χ0n) is 10.1. The third kappa shape index (κ3) is 1.75. The molecule has 0 atom stereocenters. The van der Waals surface area contributed by atoms with Gasteiger partial charge >= 0.3 is 0 Å². The van der Waals surface area contributed by atoms with Gasteiger partial charge in [-0.3, -0.25) is 0 Å². The smallest absolute Gasteiger partial charge is 0.144 e. The number of rotatable bonds is 2. The lowest BCUT2D eigenvalue weighted by atomic mass is 10.1. The monoisotopic (exact) mass is 281 g/mol.